The van der Waals surface area contributed by atoms with Crippen molar-refractivity contribution in [2.45, 2.75) is 31.5 Å². The second-order valence-corrected chi connectivity index (χ2v) is 8.36. The van der Waals surface area contributed by atoms with E-state index in [1.165, 1.54) is 6.20 Å². The van der Waals surface area contributed by atoms with Crippen LogP contribution < -0.4 is 10.1 Å². The fourth-order valence-corrected chi connectivity index (χ4v) is 3.97. The number of aromatic amines is 1. The molecule has 0 radical (unpaired) electrons. The predicted molar refractivity (Wildman–Crippen MR) is 102 cm³/mol. The first-order chi connectivity index (χ1) is 13.7. The molecule has 1 aromatic carbocycles. The van der Waals surface area contributed by atoms with Gasteiger partial charge in [0, 0.05) is 23.1 Å². The van der Waals surface area contributed by atoms with Crippen LogP contribution in [0.2, 0.25) is 5.02 Å². The molecule has 0 aliphatic heterocycles. The van der Waals surface area contributed by atoms with Crippen LogP contribution in [0.3, 0.4) is 0 Å². The third-order valence-electron chi connectivity index (χ3n) is 4.59. The summed E-state index contributed by atoms with van der Waals surface area (Å²) in [6.07, 6.45) is -2.34. The van der Waals surface area contributed by atoms with E-state index >= 15 is 0 Å². The molecular formula is C18H16ClF3N4O2S. The lowest BCUT2D eigenvalue weighted by Gasteiger charge is -2.11. The SMILES string of the molecule is C[C@@H](NC(=O)C1CC1c1nc2cc(Cl)ccc2[nH]1)c1cnc(OCC(F)(F)F)s1. The van der Waals surface area contributed by atoms with E-state index in [0.717, 1.165) is 28.2 Å². The zero-order chi connectivity index (χ0) is 20.8. The highest BCUT2D eigenvalue weighted by molar-refractivity contribution is 7.13. The number of nitrogens with one attached hydrogen (secondary N) is 2. The van der Waals surface area contributed by atoms with E-state index in [9.17, 15) is 18.0 Å². The molecule has 3 atom stereocenters. The minimum absolute atomic E-state index is 0.000478. The minimum atomic E-state index is -4.42. The van der Waals surface area contributed by atoms with Crippen LogP contribution in [0.5, 0.6) is 5.19 Å². The van der Waals surface area contributed by atoms with Gasteiger partial charge in [-0.3, -0.25) is 4.79 Å². The summed E-state index contributed by atoms with van der Waals surface area (Å²) in [7, 11) is 0. The molecule has 6 nitrogen and oxygen atoms in total. The molecule has 3 aromatic rings. The van der Waals surface area contributed by atoms with Crippen molar-refractivity contribution in [3.8, 4) is 5.19 Å². The maximum atomic E-state index is 12.5. The standard InChI is InChI=1S/C18H16ClF3N4O2S/c1-8(14-6-23-17(29-14)28-7-18(20,21)22)24-16(27)11-5-10(11)15-25-12-3-2-9(19)4-13(12)26-15/h2-4,6,8,10-11H,5,7H2,1H3,(H,24,27)(H,25,26)/t8-,10?,11?/m1/s1. The molecule has 0 bridgehead atoms. The molecule has 154 valence electrons. The molecular weight excluding hydrogens is 429 g/mol. The van der Waals surface area contributed by atoms with E-state index in [1.54, 1.807) is 19.1 Å². The number of halogens is 4. The van der Waals surface area contributed by atoms with Crippen LogP contribution in [0.25, 0.3) is 11.0 Å². The molecule has 1 aliphatic carbocycles. The maximum Gasteiger partial charge on any atom is 0.422 e. The summed E-state index contributed by atoms with van der Waals surface area (Å²) in [5.74, 6) is 0.408. The highest BCUT2D eigenvalue weighted by Crippen LogP contribution is 2.47. The molecule has 2 heterocycles. The van der Waals surface area contributed by atoms with Gasteiger partial charge in [0.15, 0.2) is 6.61 Å². The molecule has 1 aliphatic rings. The van der Waals surface area contributed by atoms with E-state index in [-0.39, 0.29) is 29.0 Å². The monoisotopic (exact) mass is 444 g/mol. The van der Waals surface area contributed by atoms with Gasteiger partial charge in [0.25, 0.3) is 5.19 Å². The number of fused-ring (bicyclic) bond motifs is 1. The molecule has 1 fully saturated rings. The number of ether oxygens (including phenoxy) is 1. The fraction of sp³-hybridized carbons (Fsp3) is 0.389. The highest BCUT2D eigenvalue weighted by Gasteiger charge is 2.46. The Balaban J connectivity index is 1.34. The van der Waals surface area contributed by atoms with Crippen molar-refractivity contribution >= 4 is 39.9 Å². The lowest BCUT2D eigenvalue weighted by molar-refractivity contribution is -0.153. The first kappa shape index (κ1) is 20.0. The van der Waals surface area contributed by atoms with Gasteiger partial charge in [0.1, 0.15) is 5.82 Å². The summed E-state index contributed by atoms with van der Waals surface area (Å²) in [4.78, 5) is 24.7. The normalized spacial score (nSPS) is 19.9. The van der Waals surface area contributed by atoms with Crippen LogP contribution in [0.1, 0.15) is 36.0 Å². The van der Waals surface area contributed by atoms with Gasteiger partial charge in [-0.1, -0.05) is 22.9 Å². The Morgan fingerprint density at radius 2 is 2.28 bits per heavy atom. The quantitative estimate of drug-likeness (QED) is 0.582. The predicted octanol–water partition coefficient (Wildman–Crippen LogP) is 4.59. The number of hydrogen-bond acceptors (Lipinski definition) is 5. The molecule has 11 heteroatoms. The van der Waals surface area contributed by atoms with Gasteiger partial charge in [-0.05, 0) is 31.5 Å². The fourth-order valence-electron chi connectivity index (χ4n) is 3.03. The van der Waals surface area contributed by atoms with Crippen LogP contribution in [0.15, 0.2) is 24.4 Å². The second-order valence-electron chi connectivity index (χ2n) is 6.89. The Kier molecular flexibility index (Phi) is 5.16. The largest absolute Gasteiger partial charge is 0.460 e. The van der Waals surface area contributed by atoms with Crippen molar-refractivity contribution < 1.29 is 22.7 Å². The number of carbonyl (C=O) groups is 1. The summed E-state index contributed by atoms with van der Waals surface area (Å²) in [5, 5.41) is 3.39. The minimum Gasteiger partial charge on any atom is -0.460 e. The van der Waals surface area contributed by atoms with E-state index in [2.05, 4.69) is 25.0 Å². The number of imidazole rings is 1. The number of alkyl halides is 3. The van der Waals surface area contributed by atoms with Crippen LogP contribution >= 0.6 is 22.9 Å². The van der Waals surface area contributed by atoms with E-state index in [4.69, 9.17) is 11.6 Å². The van der Waals surface area contributed by atoms with Crippen molar-refractivity contribution in [1.29, 1.82) is 0 Å². The van der Waals surface area contributed by atoms with Crippen LogP contribution in [0.4, 0.5) is 13.2 Å². The third kappa shape index (κ3) is 4.64. The van der Waals surface area contributed by atoms with E-state index < -0.39 is 12.8 Å². The van der Waals surface area contributed by atoms with Gasteiger partial charge in [0.05, 0.1) is 22.0 Å². The van der Waals surface area contributed by atoms with Gasteiger partial charge in [-0.25, -0.2) is 9.97 Å². The van der Waals surface area contributed by atoms with E-state index in [1.807, 2.05) is 6.07 Å². The summed E-state index contributed by atoms with van der Waals surface area (Å²) in [6, 6.07) is 4.99. The van der Waals surface area contributed by atoms with E-state index in [0.29, 0.717) is 16.3 Å². The number of aromatic nitrogens is 3. The number of nitrogens with zero attached hydrogens (tertiary/aromatic N) is 2. The number of H-pyrrole nitrogens is 1. The van der Waals surface area contributed by atoms with Crippen LogP contribution in [-0.4, -0.2) is 33.6 Å². The molecule has 2 aromatic heterocycles. The molecule has 1 amide bonds. The molecule has 4 rings (SSSR count). The van der Waals surface area contributed by atoms with Crippen LogP contribution in [-0.2, 0) is 4.79 Å². The average molecular weight is 445 g/mol. The average Bonchev–Trinajstić information content (AvgIpc) is 3.11. The third-order valence-corrected chi connectivity index (χ3v) is 5.92. The van der Waals surface area contributed by atoms with Crippen molar-refractivity contribution in [3.63, 3.8) is 0 Å². The zero-order valence-electron chi connectivity index (χ0n) is 15.1. The van der Waals surface area contributed by atoms with Crippen LogP contribution in [0, 0.1) is 5.92 Å². The Hall–Kier alpha value is -2.33. The Bertz CT molecular complexity index is 1050. The molecule has 2 unspecified atom stereocenters. The lowest BCUT2D eigenvalue weighted by Crippen LogP contribution is -2.28. The van der Waals surface area contributed by atoms with Gasteiger partial charge < -0.3 is 15.0 Å². The summed E-state index contributed by atoms with van der Waals surface area (Å²) in [5.41, 5.74) is 1.61. The Labute approximate surface area is 172 Å². The van der Waals surface area contributed by atoms with Crippen molar-refractivity contribution in [3.05, 3.63) is 40.1 Å². The Morgan fingerprint density at radius 1 is 1.48 bits per heavy atom. The number of thiazole rings is 1. The summed E-state index contributed by atoms with van der Waals surface area (Å²) in [6.45, 7) is 0.354. The van der Waals surface area contributed by atoms with Gasteiger partial charge >= 0.3 is 6.18 Å². The first-order valence-corrected chi connectivity index (χ1v) is 10.00. The number of amides is 1. The molecule has 0 saturated heterocycles. The zero-order valence-corrected chi connectivity index (χ0v) is 16.7. The van der Waals surface area contributed by atoms with Gasteiger partial charge in [0.2, 0.25) is 5.91 Å². The second kappa shape index (κ2) is 7.49. The molecule has 2 N–H and O–H groups in total. The van der Waals surface area contributed by atoms with Crippen molar-refractivity contribution in [2.24, 2.45) is 5.92 Å². The maximum absolute atomic E-state index is 12.5. The molecule has 29 heavy (non-hydrogen) atoms. The van der Waals surface area contributed by atoms with Gasteiger partial charge in [-0.2, -0.15) is 13.2 Å². The molecule has 1 saturated carbocycles. The van der Waals surface area contributed by atoms with Gasteiger partial charge in [-0.15, -0.1) is 0 Å². The summed E-state index contributed by atoms with van der Waals surface area (Å²) < 4.78 is 41.3. The molecule has 0 spiro atoms. The number of hydrogen-bond donors (Lipinski definition) is 2. The topological polar surface area (TPSA) is 79.9 Å². The smallest absolute Gasteiger partial charge is 0.422 e. The number of rotatable bonds is 6. The summed E-state index contributed by atoms with van der Waals surface area (Å²) >= 11 is 6.95. The van der Waals surface area contributed by atoms with Crippen molar-refractivity contribution in [1.82, 2.24) is 20.3 Å². The number of carbonyl (C=O) groups excluding carboxylic acids is 1. The Morgan fingerprint density at radius 3 is 3.03 bits per heavy atom. The highest BCUT2D eigenvalue weighted by atomic mass is 35.5. The number of benzene rings is 1. The van der Waals surface area contributed by atoms with Crippen molar-refractivity contribution in [2.75, 3.05) is 6.61 Å². The first-order valence-electron chi connectivity index (χ1n) is 8.80. The lowest BCUT2D eigenvalue weighted by atomic mass is 10.2.